The van der Waals surface area contributed by atoms with Crippen LogP contribution in [0.25, 0.3) is 0 Å². The number of alkyl halides is 4. The zero-order valence-corrected chi connectivity index (χ0v) is 7.85. The van der Waals surface area contributed by atoms with Gasteiger partial charge in [0.25, 0.3) is 5.91 Å². The number of rotatable bonds is 4. The first-order chi connectivity index (χ1) is 6.51. The third-order valence-electron chi connectivity index (χ3n) is 1.54. The van der Waals surface area contributed by atoms with Gasteiger partial charge in [0.1, 0.15) is 5.54 Å². The zero-order chi connectivity index (χ0) is 12.4. The maximum Gasteiger partial charge on any atom is 0.383 e. The summed E-state index contributed by atoms with van der Waals surface area (Å²) in [6.07, 6.45) is -4.18. The van der Waals surface area contributed by atoms with Gasteiger partial charge < -0.3 is 10.4 Å². The normalized spacial score (nSPS) is 12.7. The fourth-order valence-electron chi connectivity index (χ4n) is 0.520. The third-order valence-corrected chi connectivity index (χ3v) is 1.54. The molecule has 0 aliphatic heterocycles. The maximum absolute atomic E-state index is 12.4. The topological polar surface area (TPSA) is 66.4 Å². The maximum atomic E-state index is 12.4. The second-order valence-electron chi connectivity index (χ2n) is 3.31. The molecule has 0 saturated carbocycles. The minimum absolute atomic E-state index is 0.898. The first-order valence-corrected chi connectivity index (χ1v) is 3.73. The number of aliphatic carboxylic acids is 1. The SMILES string of the molecule is CC(C)(NC(=O)C(F)(F)C(F)F)C(=O)O. The van der Waals surface area contributed by atoms with Crippen molar-refractivity contribution in [2.75, 3.05) is 0 Å². The molecule has 0 rings (SSSR count). The van der Waals surface area contributed by atoms with Crippen molar-refractivity contribution in [3.63, 3.8) is 0 Å². The van der Waals surface area contributed by atoms with E-state index >= 15 is 0 Å². The lowest BCUT2D eigenvalue weighted by molar-refractivity contribution is -0.173. The summed E-state index contributed by atoms with van der Waals surface area (Å²) >= 11 is 0. The number of halogens is 4. The minimum atomic E-state index is -4.90. The van der Waals surface area contributed by atoms with E-state index in [4.69, 9.17) is 5.11 Å². The molecule has 0 unspecified atom stereocenters. The van der Waals surface area contributed by atoms with Gasteiger partial charge in [-0.1, -0.05) is 0 Å². The molecule has 15 heavy (non-hydrogen) atoms. The van der Waals surface area contributed by atoms with Crippen LogP contribution in [-0.2, 0) is 9.59 Å². The second-order valence-corrected chi connectivity index (χ2v) is 3.31. The summed E-state index contributed by atoms with van der Waals surface area (Å²) < 4.78 is 48.1. The van der Waals surface area contributed by atoms with Crippen molar-refractivity contribution in [1.29, 1.82) is 0 Å². The molecule has 0 bridgehead atoms. The Balaban J connectivity index is 4.71. The number of hydrogen-bond donors (Lipinski definition) is 2. The van der Waals surface area contributed by atoms with Crippen LogP contribution in [-0.4, -0.2) is 34.9 Å². The van der Waals surface area contributed by atoms with E-state index in [1.165, 1.54) is 5.32 Å². The average molecular weight is 231 g/mol. The molecule has 0 aliphatic rings. The van der Waals surface area contributed by atoms with E-state index in [0.29, 0.717) is 0 Å². The first-order valence-electron chi connectivity index (χ1n) is 3.73. The molecule has 88 valence electrons. The molecule has 0 radical (unpaired) electrons. The highest BCUT2D eigenvalue weighted by Gasteiger charge is 2.51. The van der Waals surface area contributed by atoms with Crippen LogP contribution in [0.3, 0.4) is 0 Å². The number of hydrogen-bond acceptors (Lipinski definition) is 2. The Kier molecular flexibility index (Phi) is 3.67. The predicted octanol–water partition coefficient (Wildman–Crippen LogP) is 0.866. The van der Waals surface area contributed by atoms with Crippen molar-refractivity contribution in [2.24, 2.45) is 0 Å². The fraction of sp³-hybridized carbons (Fsp3) is 0.714. The van der Waals surface area contributed by atoms with E-state index in [9.17, 15) is 27.2 Å². The molecule has 0 heterocycles. The zero-order valence-electron chi connectivity index (χ0n) is 7.85. The summed E-state index contributed by atoms with van der Waals surface area (Å²) in [5, 5.41) is 9.76. The van der Waals surface area contributed by atoms with Crippen molar-refractivity contribution in [1.82, 2.24) is 5.32 Å². The monoisotopic (exact) mass is 231 g/mol. The summed E-state index contributed by atoms with van der Waals surface area (Å²) in [6.45, 7) is 1.80. The number of amides is 1. The van der Waals surface area contributed by atoms with Crippen LogP contribution in [0.4, 0.5) is 17.6 Å². The molecule has 0 aliphatic carbocycles. The standard InChI is InChI=1S/C7H9F4NO3/c1-6(2,5(14)15)12-4(13)7(10,11)3(8)9/h3H,1-2H3,(H,12,13)(H,14,15). The van der Waals surface area contributed by atoms with Gasteiger partial charge in [-0.3, -0.25) is 4.79 Å². The van der Waals surface area contributed by atoms with Crippen LogP contribution in [0.2, 0.25) is 0 Å². The van der Waals surface area contributed by atoms with E-state index in [1.807, 2.05) is 0 Å². The molecular formula is C7H9F4NO3. The summed E-state index contributed by atoms with van der Waals surface area (Å²) in [4.78, 5) is 21.0. The molecule has 1 amide bonds. The van der Waals surface area contributed by atoms with Gasteiger partial charge in [0, 0.05) is 0 Å². The average Bonchev–Trinajstić information content (AvgIpc) is 2.02. The van der Waals surface area contributed by atoms with E-state index in [0.717, 1.165) is 13.8 Å². The highest BCUT2D eigenvalue weighted by atomic mass is 19.3. The van der Waals surface area contributed by atoms with Crippen LogP contribution >= 0.6 is 0 Å². The first kappa shape index (κ1) is 13.7. The summed E-state index contributed by atoms with van der Waals surface area (Å²) in [6, 6.07) is 0. The second kappa shape index (κ2) is 4.03. The van der Waals surface area contributed by atoms with Crippen LogP contribution in [0.5, 0.6) is 0 Å². The Bertz CT molecular complexity index is 277. The largest absolute Gasteiger partial charge is 0.480 e. The van der Waals surface area contributed by atoms with Crippen LogP contribution in [0, 0.1) is 0 Å². The van der Waals surface area contributed by atoms with E-state index in [1.54, 1.807) is 0 Å². The van der Waals surface area contributed by atoms with Crippen LogP contribution in [0.1, 0.15) is 13.8 Å². The molecule has 0 aromatic heterocycles. The lowest BCUT2D eigenvalue weighted by atomic mass is 10.1. The molecule has 0 fully saturated rings. The van der Waals surface area contributed by atoms with Gasteiger partial charge in [0.15, 0.2) is 0 Å². The van der Waals surface area contributed by atoms with Crippen molar-refractivity contribution in [3.8, 4) is 0 Å². The molecule has 0 saturated heterocycles. The molecule has 0 atom stereocenters. The minimum Gasteiger partial charge on any atom is -0.480 e. The Labute approximate surface area is 82.3 Å². The highest BCUT2D eigenvalue weighted by Crippen LogP contribution is 2.23. The fourth-order valence-corrected chi connectivity index (χ4v) is 0.520. The van der Waals surface area contributed by atoms with Gasteiger partial charge in [-0.15, -0.1) is 0 Å². The lowest BCUT2D eigenvalue weighted by Crippen LogP contribution is -2.56. The van der Waals surface area contributed by atoms with Crippen molar-refractivity contribution >= 4 is 11.9 Å². The number of nitrogens with one attached hydrogen (secondary N) is 1. The van der Waals surface area contributed by atoms with Gasteiger partial charge in [-0.25, -0.2) is 13.6 Å². The van der Waals surface area contributed by atoms with Crippen LogP contribution in [0.15, 0.2) is 0 Å². The molecular weight excluding hydrogens is 222 g/mol. The van der Waals surface area contributed by atoms with Gasteiger partial charge >= 0.3 is 18.3 Å². The Morgan fingerprint density at radius 1 is 1.27 bits per heavy atom. The van der Waals surface area contributed by atoms with E-state index in [-0.39, 0.29) is 0 Å². The van der Waals surface area contributed by atoms with Crippen molar-refractivity contribution in [2.45, 2.75) is 31.7 Å². The number of carboxylic acid groups (broad SMARTS) is 1. The summed E-state index contributed by atoms with van der Waals surface area (Å²) in [7, 11) is 0. The number of carbonyl (C=O) groups is 2. The van der Waals surface area contributed by atoms with Gasteiger partial charge in [0.2, 0.25) is 0 Å². The third kappa shape index (κ3) is 3.07. The molecule has 8 heteroatoms. The molecule has 0 aromatic carbocycles. The quantitative estimate of drug-likeness (QED) is 0.705. The van der Waals surface area contributed by atoms with Crippen molar-refractivity contribution < 1.29 is 32.3 Å². The van der Waals surface area contributed by atoms with Gasteiger partial charge in [-0.2, -0.15) is 8.78 Å². The van der Waals surface area contributed by atoms with Gasteiger partial charge in [0.05, 0.1) is 0 Å². The Morgan fingerprint density at radius 3 is 1.93 bits per heavy atom. The van der Waals surface area contributed by atoms with E-state index in [2.05, 4.69) is 0 Å². The Hall–Kier alpha value is -1.34. The number of carboxylic acids is 1. The number of carbonyl (C=O) groups excluding carboxylic acids is 1. The lowest BCUT2D eigenvalue weighted by Gasteiger charge is -2.24. The highest BCUT2D eigenvalue weighted by molar-refractivity contribution is 5.90. The van der Waals surface area contributed by atoms with Gasteiger partial charge in [-0.05, 0) is 13.8 Å². The Morgan fingerprint density at radius 2 is 1.67 bits per heavy atom. The smallest absolute Gasteiger partial charge is 0.383 e. The summed E-state index contributed by atoms with van der Waals surface area (Å²) in [5.74, 6) is -8.82. The summed E-state index contributed by atoms with van der Waals surface area (Å²) in [5.41, 5.74) is -2.03. The van der Waals surface area contributed by atoms with Crippen molar-refractivity contribution in [3.05, 3.63) is 0 Å². The molecule has 4 nitrogen and oxygen atoms in total. The predicted molar refractivity (Wildman–Crippen MR) is 40.8 cm³/mol. The molecule has 0 spiro atoms. The molecule has 0 aromatic rings. The van der Waals surface area contributed by atoms with Crippen LogP contribution < -0.4 is 5.32 Å². The molecule has 2 N–H and O–H groups in total. The van der Waals surface area contributed by atoms with E-state index < -0.39 is 29.8 Å².